The fourth-order valence-electron chi connectivity index (χ4n) is 2.57. The first-order chi connectivity index (χ1) is 11.3. The predicted octanol–water partition coefficient (Wildman–Crippen LogP) is 1.83. The summed E-state index contributed by atoms with van der Waals surface area (Å²) in [5.74, 6) is -1.11. The van der Waals surface area contributed by atoms with Crippen molar-refractivity contribution in [2.75, 3.05) is 6.61 Å². The van der Waals surface area contributed by atoms with Gasteiger partial charge in [-0.05, 0) is 30.9 Å². The lowest BCUT2D eigenvalue weighted by atomic mass is 9.92. The van der Waals surface area contributed by atoms with Gasteiger partial charge in [-0.25, -0.2) is 4.98 Å². The Morgan fingerprint density at radius 1 is 1.38 bits per heavy atom. The Bertz CT molecular complexity index is 752. The molecular weight excluding hydrogens is 308 g/mol. The second-order valence-corrected chi connectivity index (χ2v) is 6.43. The number of aromatic nitrogens is 3. The van der Waals surface area contributed by atoms with E-state index in [0.717, 1.165) is 22.3 Å². The number of primary amides is 1. The third-order valence-electron chi connectivity index (χ3n) is 3.84. The van der Waals surface area contributed by atoms with Crippen LogP contribution in [0.1, 0.15) is 43.9 Å². The lowest BCUT2D eigenvalue weighted by molar-refractivity contribution is -0.146. The van der Waals surface area contributed by atoms with Crippen molar-refractivity contribution in [2.24, 2.45) is 18.7 Å². The minimum Gasteiger partial charge on any atom is -0.465 e. The molecule has 2 rings (SSSR count). The van der Waals surface area contributed by atoms with Crippen molar-refractivity contribution in [3.8, 4) is 0 Å². The molecule has 130 valence electrons. The fourth-order valence-corrected chi connectivity index (χ4v) is 2.57. The molecule has 7 heteroatoms. The number of aryl methyl sites for hydroxylation is 2. The van der Waals surface area contributed by atoms with Gasteiger partial charge in [0.2, 0.25) is 5.91 Å². The van der Waals surface area contributed by atoms with E-state index in [4.69, 9.17) is 10.5 Å². The van der Waals surface area contributed by atoms with E-state index in [1.807, 2.05) is 33.9 Å². The van der Waals surface area contributed by atoms with Gasteiger partial charge in [-0.3, -0.25) is 14.3 Å². The highest BCUT2D eigenvalue weighted by molar-refractivity contribution is 5.83. The van der Waals surface area contributed by atoms with Gasteiger partial charge in [0.05, 0.1) is 18.7 Å². The van der Waals surface area contributed by atoms with Crippen molar-refractivity contribution < 1.29 is 14.3 Å². The molecule has 2 heterocycles. The van der Waals surface area contributed by atoms with Gasteiger partial charge < -0.3 is 10.5 Å². The van der Waals surface area contributed by atoms with Crippen LogP contribution in [-0.4, -0.2) is 33.2 Å². The van der Waals surface area contributed by atoms with Crippen LogP contribution >= 0.6 is 0 Å². The van der Waals surface area contributed by atoms with Gasteiger partial charge in [0.25, 0.3) is 0 Å². The molecule has 0 saturated heterocycles. The second kappa shape index (κ2) is 7.42. The molecule has 2 aromatic rings. The van der Waals surface area contributed by atoms with E-state index in [1.165, 1.54) is 0 Å². The molecule has 0 aliphatic rings. The molecule has 1 unspecified atom stereocenters. The van der Waals surface area contributed by atoms with Crippen molar-refractivity contribution >= 4 is 22.9 Å². The quantitative estimate of drug-likeness (QED) is 0.780. The molecule has 1 atom stereocenters. The molecule has 0 fully saturated rings. The molecule has 24 heavy (non-hydrogen) atoms. The molecule has 0 saturated carbocycles. The Kier molecular flexibility index (Phi) is 5.54. The van der Waals surface area contributed by atoms with Gasteiger partial charge in [-0.1, -0.05) is 13.8 Å². The fraction of sp³-hybridized carbons (Fsp3) is 0.529. The zero-order chi connectivity index (χ0) is 17.9. The van der Waals surface area contributed by atoms with Crippen LogP contribution in [0.2, 0.25) is 0 Å². The number of carbonyl (C=O) groups is 2. The first kappa shape index (κ1) is 17.9. The maximum Gasteiger partial charge on any atom is 0.313 e. The molecular formula is C17H24N4O3. The summed E-state index contributed by atoms with van der Waals surface area (Å²) in [6, 6.07) is 1.90. The normalized spacial score (nSPS) is 12.5. The Balaban J connectivity index is 2.36. The smallest absolute Gasteiger partial charge is 0.313 e. The molecule has 0 aliphatic carbocycles. The topological polar surface area (TPSA) is 100 Å². The SMILES string of the molecule is Cc1nc2c(cnn2C)cc1C(CCC(N)=O)C(=O)OCC(C)C. The van der Waals surface area contributed by atoms with E-state index in [-0.39, 0.29) is 18.3 Å². The van der Waals surface area contributed by atoms with Crippen molar-refractivity contribution in [1.29, 1.82) is 0 Å². The lowest BCUT2D eigenvalue weighted by Crippen LogP contribution is -2.22. The van der Waals surface area contributed by atoms with E-state index in [2.05, 4.69) is 10.1 Å². The average molecular weight is 332 g/mol. The van der Waals surface area contributed by atoms with Crippen LogP contribution in [-0.2, 0) is 21.4 Å². The lowest BCUT2D eigenvalue weighted by Gasteiger charge is -2.18. The number of fused-ring (bicyclic) bond motifs is 1. The summed E-state index contributed by atoms with van der Waals surface area (Å²) in [6.07, 6.45) is 2.13. The minimum absolute atomic E-state index is 0.117. The number of hydrogen-bond donors (Lipinski definition) is 1. The predicted molar refractivity (Wildman–Crippen MR) is 90.2 cm³/mol. The molecule has 7 nitrogen and oxygen atoms in total. The summed E-state index contributed by atoms with van der Waals surface area (Å²) in [4.78, 5) is 28.2. The van der Waals surface area contributed by atoms with Gasteiger partial charge in [0, 0.05) is 24.5 Å². The van der Waals surface area contributed by atoms with Crippen molar-refractivity contribution in [1.82, 2.24) is 14.8 Å². The summed E-state index contributed by atoms with van der Waals surface area (Å²) < 4.78 is 7.07. The molecule has 0 spiro atoms. The average Bonchev–Trinajstić information content (AvgIpc) is 2.86. The highest BCUT2D eigenvalue weighted by atomic mass is 16.5. The van der Waals surface area contributed by atoms with Crippen LogP contribution in [0, 0.1) is 12.8 Å². The van der Waals surface area contributed by atoms with Crippen LogP contribution in [0.4, 0.5) is 0 Å². The Morgan fingerprint density at radius 2 is 2.08 bits per heavy atom. The monoisotopic (exact) mass is 332 g/mol. The summed E-state index contributed by atoms with van der Waals surface area (Å²) >= 11 is 0. The molecule has 2 N–H and O–H groups in total. The van der Waals surface area contributed by atoms with Crippen LogP contribution < -0.4 is 5.73 Å². The van der Waals surface area contributed by atoms with E-state index >= 15 is 0 Å². The van der Waals surface area contributed by atoms with Gasteiger partial charge in [0.1, 0.15) is 0 Å². The first-order valence-electron chi connectivity index (χ1n) is 8.03. The van der Waals surface area contributed by atoms with E-state index < -0.39 is 11.8 Å². The molecule has 0 aliphatic heterocycles. The van der Waals surface area contributed by atoms with E-state index in [9.17, 15) is 9.59 Å². The number of nitrogens with two attached hydrogens (primary N) is 1. The second-order valence-electron chi connectivity index (χ2n) is 6.43. The minimum atomic E-state index is -0.562. The van der Waals surface area contributed by atoms with Crippen LogP contribution in [0.5, 0.6) is 0 Å². The molecule has 0 bridgehead atoms. The summed E-state index contributed by atoms with van der Waals surface area (Å²) in [5, 5.41) is 5.03. The number of amides is 1. The standard InChI is InChI=1S/C17H24N4O3/c1-10(2)9-24-17(23)13(5-6-15(18)22)14-7-12-8-19-21(4)16(12)20-11(14)3/h7-8,10,13H,5-6,9H2,1-4H3,(H2,18,22). The summed E-state index contributed by atoms with van der Waals surface area (Å²) in [6.45, 7) is 6.13. The van der Waals surface area contributed by atoms with Gasteiger partial charge >= 0.3 is 5.97 Å². The third kappa shape index (κ3) is 4.10. The van der Waals surface area contributed by atoms with Crippen molar-refractivity contribution in [2.45, 2.75) is 39.5 Å². The summed E-state index contributed by atoms with van der Waals surface area (Å²) in [7, 11) is 1.82. The number of ether oxygens (including phenoxy) is 1. The van der Waals surface area contributed by atoms with Crippen molar-refractivity contribution in [3.63, 3.8) is 0 Å². The molecule has 1 amide bonds. The zero-order valence-corrected chi connectivity index (χ0v) is 14.6. The molecule has 0 radical (unpaired) electrons. The third-order valence-corrected chi connectivity index (χ3v) is 3.84. The van der Waals surface area contributed by atoms with E-state index in [0.29, 0.717) is 13.0 Å². The largest absolute Gasteiger partial charge is 0.465 e. The van der Waals surface area contributed by atoms with Gasteiger partial charge in [-0.2, -0.15) is 5.10 Å². The highest BCUT2D eigenvalue weighted by Crippen LogP contribution is 2.28. The molecule has 2 aromatic heterocycles. The highest BCUT2D eigenvalue weighted by Gasteiger charge is 2.26. The number of pyridine rings is 1. The number of nitrogens with zero attached hydrogens (tertiary/aromatic N) is 3. The van der Waals surface area contributed by atoms with Crippen LogP contribution in [0.25, 0.3) is 11.0 Å². The summed E-state index contributed by atoms with van der Waals surface area (Å²) in [5.41, 5.74) is 7.48. The number of rotatable bonds is 7. The van der Waals surface area contributed by atoms with Gasteiger partial charge in [-0.15, -0.1) is 0 Å². The van der Waals surface area contributed by atoms with Crippen LogP contribution in [0.15, 0.2) is 12.3 Å². The van der Waals surface area contributed by atoms with Crippen LogP contribution in [0.3, 0.4) is 0 Å². The van der Waals surface area contributed by atoms with Crippen molar-refractivity contribution in [3.05, 3.63) is 23.5 Å². The Labute approximate surface area is 141 Å². The Morgan fingerprint density at radius 3 is 2.71 bits per heavy atom. The zero-order valence-electron chi connectivity index (χ0n) is 14.6. The Hall–Kier alpha value is -2.44. The van der Waals surface area contributed by atoms with Gasteiger partial charge in [0.15, 0.2) is 5.65 Å². The first-order valence-corrected chi connectivity index (χ1v) is 8.03. The number of hydrogen-bond acceptors (Lipinski definition) is 5. The van der Waals surface area contributed by atoms with E-state index in [1.54, 1.807) is 10.9 Å². The molecule has 0 aromatic carbocycles. The number of carbonyl (C=O) groups excluding carboxylic acids is 2. The maximum absolute atomic E-state index is 12.5. The maximum atomic E-state index is 12.5. The number of esters is 1.